The molecule has 1 unspecified atom stereocenters. The van der Waals surface area contributed by atoms with Crippen LogP contribution >= 0.6 is 11.6 Å². The third-order valence-corrected chi connectivity index (χ3v) is 6.88. The van der Waals surface area contributed by atoms with E-state index in [0.29, 0.717) is 5.56 Å². The van der Waals surface area contributed by atoms with Crippen LogP contribution in [0.3, 0.4) is 0 Å². The van der Waals surface area contributed by atoms with Gasteiger partial charge in [-0.25, -0.2) is 4.79 Å². The molecule has 1 amide bonds. The number of fused-ring (bicyclic) bond motifs is 1. The van der Waals surface area contributed by atoms with Crippen molar-refractivity contribution in [2.45, 2.75) is 25.3 Å². The molecule has 1 atom stereocenters. The second-order valence-electron chi connectivity index (χ2n) is 9.52. The third kappa shape index (κ3) is 6.08. The number of Topliss-reactive ketones (excluding diaryl/α,β-unsaturated/α-hetero) is 1. The summed E-state index contributed by atoms with van der Waals surface area (Å²) in [5.41, 5.74) is 2.53. The Morgan fingerprint density at radius 2 is 1.82 bits per heavy atom. The van der Waals surface area contributed by atoms with E-state index in [0.717, 1.165) is 42.3 Å². The average Bonchev–Trinajstić information content (AvgIpc) is 3.11. The summed E-state index contributed by atoms with van der Waals surface area (Å²) in [5, 5.41) is 4.82. The van der Waals surface area contributed by atoms with E-state index in [9.17, 15) is 14.4 Å². The van der Waals surface area contributed by atoms with Crippen LogP contribution in [0.2, 0.25) is 0 Å². The SMILES string of the molecule is CN(C)c1cccc(OC(=O)NC(C)(C(=O)Cl)C(=O)Cc2ccc3c(c2)NCCCN3c2ccccc2)c1. The molecule has 3 aromatic carbocycles. The Morgan fingerprint density at radius 3 is 2.53 bits per heavy atom. The highest BCUT2D eigenvalue weighted by Gasteiger charge is 2.42. The summed E-state index contributed by atoms with van der Waals surface area (Å²) in [6.07, 6.45) is -0.112. The van der Waals surface area contributed by atoms with E-state index in [2.05, 4.69) is 27.7 Å². The maximum atomic E-state index is 13.3. The van der Waals surface area contributed by atoms with E-state index in [1.165, 1.54) is 6.92 Å². The Hall–Kier alpha value is -4.04. The maximum Gasteiger partial charge on any atom is 0.413 e. The largest absolute Gasteiger partial charge is 0.413 e. The monoisotopic (exact) mass is 534 g/mol. The Labute approximate surface area is 227 Å². The van der Waals surface area contributed by atoms with Crippen LogP contribution in [0.5, 0.6) is 5.75 Å². The lowest BCUT2D eigenvalue weighted by molar-refractivity contribution is -0.130. The minimum absolute atomic E-state index is 0.106. The molecule has 1 aliphatic heterocycles. The van der Waals surface area contributed by atoms with Gasteiger partial charge in [-0.05, 0) is 66.9 Å². The van der Waals surface area contributed by atoms with Crippen LogP contribution in [-0.4, -0.2) is 49.8 Å². The van der Waals surface area contributed by atoms with Gasteiger partial charge in [-0.3, -0.25) is 9.59 Å². The second-order valence-corrected chi connectivity index (χ2v) is 9.87. The van der Waals surface area contributed by atoms with Crippen LogP contribution in [0.1, 0.15) is 18.9 Å². The number of para-hydroxylation sites is 1. The summed E-state index contributed by atoms with van der Waals surface area (Å²) < 4.78 is 5.34. The molecule has 0 bridgehead atoms. The highest BCUT2D eigenvalue weighted by molar-refractivity contribution is 6.68. The standard InChI is InChI=1S/C29H31ClN4O4/c1-29(27(30)36,32-28(37)38-23-12-7-11-22(19-23)33(2)3)26(35)18-20-13-14-25-24(17-20)31-15-8-16-34(25)21-9-5-4-6-10-21/h4-7,9-14,17,19,31H,8,15-16,18H2,1-3H3,(H,32,37). The van der Waals surface area contributed by atoms with Crippen molar-refractivity contribution >= 4 is 51.5 Å². The van der Waals surface area contributed by atoms with Crippen LogP contribution in [0, 0.1) is 0 Å². The minimum Gasteiger partial charge on any atom is -0.410 e. The molecule has 0 aliphatic carbocycles. The predicted molar refractivity (Wildman–Crippen MR) is 151 cm³/mol. The predicted octanol–water partition coefficient (Wildman–Crippen LogP) is 5.13. The molecule has 1 aliphatic rings. The summed E-state index contributed by atoms with van der Waals surface area (Å²) in [5.74, 6) is -0.282. The molecule has 1 heterocycles. The van der Waals surface area contributed by atoms with Gasteiger partial charge in [-0.1, -0.05) is 30.3 Å². The summed E-state index contributed by atoms with van der Waals surface area (Å²) in [6.45, 7) is 2.93. The molecular formula is C29H31ClN4O4. The van der Waals surface area contributed by atoms with E-state index in [1.54, 1.807) is 18.2 Å². The molecule has 0 spiro atoms. The molecule has 8 nitrogen and oxygen atoms in total. The molecule has 0 saturated carbocycles. The Bertz CT molecular complexity index is 1330. The quantitative estimate of drug-likeness (QED) is 0.306. The van der Waals surface area contributed by atoms with Gasteiger partial charge in [0.15, 0.2) is 11.3 Å². The first kappa shape index (κ1) is 27.0. The number of ketones is 1. The fourth-order valence-corrected chi connectivity index (χ4v) is 4.43. The molecule has 3 aromatic rings. The van der Waals surface area contributed by atoms with Gasteiger partial charge >= 0.3 is 6.09 Å². The molecule has 9 heteroatoms. The Kier molecular flexibility index (Phi) is 8.22. The van der Waals surface area contributed by atoms with Gasteiger partial charge in [0, 0.05) is 51.0 Å². The number of hydrogen-bond acceptors (Lipinski definition) is 7. The van der Waals surface area contributed by atoms with Crippen LogP contribution in [-0.2, 0) is 16.0 Å². The number of nitrogens with zero attached hydrogens (tertiary/aromatic N) is 2. The molecule has 0 radical (unpaired) electrons. The molecule has 0 fully saturated rings. The van der Waals surface area contributed by atoms with E-state index >= 15 is 0 Å². The fourth-order valence-electron chi connectivity index (χ4n) is 4.28. The van der Waals surface area contributed by atoms with E-state index in [4.69, 9.17) is 16.3 Å². The number of carbonyl (C=O) groups excluding carboxylic acids is 3. The minimum atomic E-state index is -1.96. The van der Waals surface area contributed by atoms with Crippen LogP contribution in [0.25, 0.3) is 0 Å². The van der Waals surface area contributed by atoms with Crippen LogP contribution in [0.15, 0.2) is 72.8 Å². The summed E-state index contributed by atoms with van der Waals surface area (Å²) in [6, 6.07) is 22.7. The molecule has 0 saturated heterocycles. The topological polar surface area (TPSA) is 91.0 Å². The molecule has 198 valence electrons. The van der Waals surface area contributed by atoms with Crippen molar-refractivity contribution < 1.29 is 19.1 Å². The van der Waals surface area contributed by atoms with Gasteiger partial charge in [0.05, 0.1) is 11.4 Å². The molecule has 4 rings (SSSR count). The van der Waals surface area contributed by atoms with Crippen molar-refractivity contribution in [3.8, 4) is 5.75 Å². The Morgan fingerprint density at radius 1 is 1.05 bits per heavy atom. The summed E-state index contributed by atoms with van der Waals surface area (Å²) in [7, 11) is 3.72. The number of rotatable bonds is 8. The third-order valence-electron chi connectivity index (χ3n) is 6.51. The van der Waals surface area contributed by atoms with Crippen LogP contribution in [0.4, 0.5) is 27.5 Å². The van der Waals surface area contributed by atoms with Crippen molar-refractivity contribution in [3.63, 3.8) is 0 Å². The average molecular weight is 535 g/mol. The first-order chi connectivity index (χ1) is 18.2. The zero-order chi connectivity index (χ0) is 27.3. The van der Waals surface area contributed by atoms with E-state index in [1.807, 2.05) is 61.5 Å². The highest BCUT2D eigenvalue weighted by Crippen LogP contribution is 2.35. The highest BCUT2D eigenvalue weighted by atomic mass is 35.5. The van der Waals surface area contributed by atoms with Gasteiger partial charge in [0.25, 0.3) is 5.24 Å². The smallest absolute Gasteiger partial charge is 0.410 e. The van der Waals surface area contributed by atoms with Crippen molar-refractivity contribution in [2.75, 3.05) is 42.3 Å². The van der Waals surface area contributed by atoms with Gasteiger partial charge < -0.3 is 25.2 Å². The maximum absolute atomic E-state index is 13.3. The number of ether oxygens (including phenoxy) is 1. The number of halogens is 1. The summed E-state index contributed by atoms with van der Waals surface area (Å²) in [4.78, 5) is 42.4. The van der Waals surface area contributed by atoms with Crippen molar-refractivity contribution in [2.24, 2.45) is 0 Å². The van der Waals surface area contributed by atoms with Gasteiger partial charge in [0.1, 0.15) is 5.75 Å². The van der Waals surface area contributed by atoms with E-state index < -0.39 is 22.7 Å². The zero-order valence-electron chi connectivity index (χ0n) is 21.7. The van der Waals surface area contributed by atoms with Gasteiger partial charge in [-0.15, -0.1) is 0 Å². The lowest BCUT2D eigenvalue weighted by Crippen LogP contribution is -2.57. The normalized spacial score (nSPS) is 14.3. The van der Waals surface area contributed by atoms with Crippen molar-refractivity contribution in [1.29, 1.82) is 0 Å². The van der Waals surface area contributed by atoms with Gasteiger partial charge in [-0.2, -0.15) is 0 Å². The van der Waals surface area contributed by atoms with E-state index in [-0.39, 0.29) is 12.2 Å². The van der Waals surface area contributed by atoms with Crippen LogP contribution < -0.4 is 25.2 Å². The molecule has 0 aromatic heterocycles. The molecule has 38 heavy (non-hydrogen) atoms. The first-order valence-electron chi connectivity index (χ1n) is 12.4. The number of amides is 1. The number of anilines is 4. The summed E-state index contributed by atoms with van der Waals surface area (Å²) >= 11 is 5.83. The van der Waals surface area contributed by atoms with Gasteiger partial charge in [0.2, 0.25) is 0 Å². The molecular weight excluding hydrogens is 504 g/mol. The first-order valence-corrected chi connectivity index (χ1v) is 12.7. The lowest BCUT2D eigenvalue weighted by Gasteiger charge is -2.26. The fraction of sp³-hybridized carbons (Fsp3) is 0.276. The number of nitrogens with one attached hydrogen (secondary N) is 2. The zero-order valence-corrected chi connectivity index (χ0v) is 22.4. The lowest BCUT2D eigenvalue weighted by atomic mass is 9.92. The molecule has 2 N–H and O–H groups in total. The number of hydrogen-bond donors (Lipinski definition) is 2. The second kappa shape index (κ2) is 11.6. The van der Waals surface area contributed by atoms with Crippen molar-refractivity contribution in [1.82, 2.24) is 5.32 Å². The Balaban J connectivity index is 1.50. The number of benzene rings is 3. The van der Waals surface area contributed by atoms with Crippen molar-refractivity contribution in [3.05, 3.63) is 78.4 Å². The number of carbonyl (C=O) groups is 3.